The lowest BCUT2D eigenvalue weighted by atomic mass is 10.3. The fraction of sp³-hybridized carbons (Fsp3) is 0.0952. The van der Waals surface area contributed by atoms with E-state index < -0.39 is 0 Å². The van der Waals surface area contributed by atoms with Crippen LogP contribution in [0.5, 0.6) is 34.9 Å². The smallest absolute Gasteiger partial charge is 0.326 e. The van der Waals surface area contributed by atoms with Crippen molar-refractivity contribution in [2.45, 2.75) is 6.92 Å². The first kappa shape index (κ1) is 18.3. The lowest BCUT2D eigenvalue weighted by molar-refractivity contribution is 0.174. The van der Waals surface area contributed by atoms with Crippen LogP contribution in [0.3, 0.4) is 0 Å². The number of halogens is 1. The molecule has 30 heavy (non-hydrogen) atoms. The second-order valence-corrected chi connectivity index (χ2v) is 6.77. The third-order valence-corrected chi connectivity index (χ3v) is 4.80. The van der Waals surface area contributed by atoms with Crippen molar-refractivity contribution in [1.82, 2.24) is 19.5 Å². The number of imidazole rings is 1. The Morgan fingerprint density at radius 2 is 1.77 bits per heavy atom. The molecule has 0 aliphatic carbocycles. The molecule has 2 aromatic heterocycles. The lowest BCUT2D eigenvalue weighted by Gasteiger charge is -2.11. The van der Waals surface area contributed by atoms with Crippen LogP contribution in [0.4, 0.5) is 0 Å². The minimum atomic E-state index is 0.0644. The van der Waals surface area contributed by atoms with Crippen molar-refractivity contribution >= 4 is 11.6 Å². The highest BCUT2D eigenvalue weighted by atomic mass is 35.5. The Balaban J connectivity index is 1.38. The Morgan fingerprint density at radius 3 is 2.57 bits per heavy atom. The second kappa shape index (κ2) is 7.57. The summed E-state index contributed by atoms with van der Waals surface area (Å²) in [6, 6.07) is 12.8. The van der Waals surface area contributed by atoms with Gasteiger partial charge in [-0.1, -0.05) is 11.6 Å². The van der Waals surface area contributed by atoms with Gasteiger partial charge in [-0.15, -0.1) is 0 Å². The fourth-order valence-electron chi connectivity index (χ4n) is 2.85. The van der Waals surface area contributed by atoms with Gasteiger partial charge in [0.2, 0.25) is 12.7 Å². The minimum Gasteiger partial charge on any atom is -0.454 e. The van der Waals surface area contributed by atoms with Crippen LogP contribution in [0.25, 0.3) is 5.69 Å². The Hall–Kier alpha value is -3.78. The molecule has 0 spiro atoms. The standard InChI is InChI=1S/C21H15ClN4O4/c1-13-19(22)24-21(30-16-6-7-17-18(10-16)28-12-27-17)25-20(13)29-15-4-2-14(3-5-15)26-9-8-23-11-26/h2-11H,12H2,1H3. The van der Waals surface area contributed by atoms with Crippen molar-refractivity contribution in [1.29, 1.82) is 0 Å². The van der Waals surface area contributed by atoms with Crippen LogP contribution in [-0.4, -0.2) is 26.3 Å². The number of fused-ring (bicyclic) bond motifs is 1. The van der Waals surface area contributed by atoms with Gasteiger partial charge in [0.25, 0.3) is 0 Å². The van der Waals surface area contributed by atoms with Crippen LogP contribution in [0.1, 0.15) is 5.56 Å². The molecular formula is C21H15ClN4O4. The van der Waals surface area contributed by atoms with E-state index in [1.54, 1.807) is 37.6 Å². The maximum absolute atomic E-state index is 6.27. The van der Waals surface area contributed by atoms with E-state index in [9.17, 15) is 0 Å². The SMILES string of the molecule is Cc1c(Cl)nc(Oc2ccc3c(c2)OCO3)nc1Oc1ccc(-n2ccnc2)cc1. The van der Waals surface area contributed by atoms with Crippen molar-refractivity contribution in [3.63, 3.8) is 0 Å². The third kappa shape index (κ3) is 3.60. The first-order valence-corrected chi connectivity index (χ1v) is 9.41. The Bertz CT molecular complexity index is 1200. The average Bonchev–Trinajstić information content (AvgIpc) is 3.44. The van der Waals surface area contributed by atoms with E-state index >= 15 is 0 Å². The summed E-state index contributed by atoms with van der Waals surface area (Å²) in [6.45, 7) is 1.96. The normalized spacial score (nSPS) is 12.1. The van der Waals surface area contributed by atoms with Gasteiger partial charge in [0, 0.05) is 29.7 Å². The number of aromatic nitrogens is 4. The maximum atomic E-state index is 6.27. The molecule has 8 nitrogen and oxygen atoms in total. The molecule has 3 heterocycles. The van der Waals surface area contributed by atoms with Crippen molar-refractivity contribution in [2.75, 3.05) is 6.79 Å². The van der Waals surface area contributed by atoms with Gasteiger partial charge in [0.1, 0.15) is 16.7 Å². The van der Waals surface area contributed by atoms with Gasteiger partial charge in [-0.05, 0) is 43.3 Å². The highest BCUT2D eigenvalue weighted by molar-refractivity contribution is 6.30. The van der Waals surface area contributed by atoms with Crippen molar-refractivity contribution in [2.24, 2.45) is 0 Å². The number of hydrogen-bond donors (Lipinski definition) is 0. The van der Waals surface area contributed by atoms with E-state index in [-0.39, 0.29) is 18.0 Å². The zero-order valence-electron chi connectivity index (χ0n) is 15.8. The van der Waals surface area contributed by atoms with E-state index in [2.05, 4.69) is 15.0 Å². The Kier molecular flexibility index (Phi) is 4.61. The van der Waals surface area contributed by atoms with Crippen LogP contribution in [0, 0.1) is 6.92 Å². The highest BCUT2D eigenvalue weighted by Crippen LogP contribution is 2.37. The number of benzene rings is 2. The number of nitrogens with zero attached hydrogens (tertiary/aromatic N) is 4. The van der Waals surface area contributed by atoms with Gasteiger partial charge in [-0.2, -0.15) is 9.97 Å². The van der Waals surface area contributed by atoms with Gasteiger partial charge in [-0.3, -0.25) is 0 Å². The van der Waals surface area contributed by atoms with E-state index in [0.717, 1.165) is 5.69 Å². The summed E-state index contributed by atoms with van der Waals surface area (Å²) in [5, 5.41) is 0.241. The van der Waals surface area contributed by atoms with Crippen LogP contribution in [0.2, 0.25) is 5.15 Å². The molecule has 1 aliphatic rings. The molecule has 0 unspecified atom stereocenters. The second-order valence-electron chi connectivity index (χ2n) is 6.41. The third-order valence-electron chi connectivity index (χ3n) is 4.43. The molecule has 0 saturated heterocycles. The zero-order chi connectivity index (χ0) is 20.5. The number of rotatable bonds is 5. The number of ether oxygens (including phenoxy) is 4. The maximum Gasteiger partial charge on any atom is 0.326 e. The molecule has 0 bridgehead atoms. The molecule has 0 amide bonds. The monoisotopic (exact) mass is 422 g/mol. The highest BCUT2D eigenvalue weighted by Gasteiger charge is 2.17. The van der Waals surface area contributed by atoms with Crippen molar-refractivity contribution < 1.29 is 18.9 Å². The van der Waals surface area contributed by atoms with Crippen molar-refractivity contribution in [3.8, 4) is 40.6 Å². The molecule has 9 heteroatoms. The lowest BCUT2D eigenvalue weighted by Crippen LogP contribution is -1.99. The van der Waals surface area contributed by atoms with Crippen molar-refractivity contribution in [3.05, 3.63) is 71.9 Å². The largest absolute Gasteiger partial charge is 0.454 e. The summed E-state index contributed by atoms with van der Waals surface area (Å²) in [5.41, 5.74) is 1.57. The van der Waals surface area contributed by atoms with E-state index in [4.69, 9.17) is 30.5 Å². The summed E-state index contributed by atoms with van der Waals surface area (Å²) in [4.78, 5) is 12.6. The van der Waals surface area contributed by atoms with Gasteiger partial charge in [0.05, 0.1) is 6.33 Å². The van der Waals surface area contributed by atoms with Crippen LogP contribution in [-0.2, 0) is 0 Å². The van der Waals surface area contributed by atoms with E-state index in [1.807, 2.05) is 35.0 Å². The summed E-state index contributed by atoms with van der Waals surface area (Å²) in [7, 11) is 0. The van der Waals surface area contributed by atoms with Gasteiger partial charge in [0.15, 0.2) is 11.5 Å². The summed E-state index contributed by atoms with van der Waals surface area (Å²) < 4.78 is 24.2. The van der Waals surface area contributed by atoms with Crippen LogP contribution < -0.4 is 18.9 Å². The number of hydrogen-bond acceptors (Lipinski definition) is 7. The summed E-state index contributed by atoms with van der Waals surface area (Å²) in [5.74, 6) is 2.66. The predicted molar refractivity (Wildman–Crippen MR) is 108 cm³/mol. The molecule has 4 aromatic rings. The van der Waals surface area contributed by atoms with Crippen LogP contribution >= 0.6 is 11.6 Å². The van der Waals surface area contributed by atoms with E-state index in [0.29, 0.717) is 34.4 Å². The first-order valence-electron chi connectivity index (χ1n) is 9.03. The molecule has 5 rings (SSSR count). The van der Waals surface area contributed by atoms with Gasteiger partial charge < -0.3 is 23.5 Å². The molecule has 0 fully saturated rings. The average molecular weight is 423 g/mol. The molecule has 0 atom stereocenters. The summed E-state index contributed by atoms with van der Waals surface area (Å²) >= 11 is 6.27. The molecular weight excluding hydrogens is 408 g/mol. The molecule has 2 aromatic carbocycles. The Labute approximate surface area is 176 Å². The molecule has 0 radical (unpaired) electrons. The molecule has 150 valence electrons. The minimum absolute atomic E-state index is 0.0644. The molecule has 1 aliphatic heterocycles. The van der Waals surface area contributed by atoms with Crippen LogP contribution in [0.15, 0.2) is 61.2 Å². The molecule has 0 saturated carbocycles. The zero-order valence-corrected chi connectivity index (χ0v) is 16.5. The summed E-state index contributed by atoms with van der Waals surface area (Å²) in [6.07, 6.45) is 5.31. The first-order chi connectivity index (χ1) is 14.7. The quantitative estimate of drug-likeness (QED) is 0.421. The predicted octanol–water partition coefficient (Wildman–Crippen LogP) is 4.94. The van der Waals surface area contributed by atoms with Gasteiger partial charge >= 0.3 is 6.01 Å². The topological polar surface area (TPSA) is 80.5 Å². The van der Waals surface area contributed by atoms with Gasteiger partial charge in [-0.25, -0.2) is 4.98 Å². The Morgan fingerprint density at radius 1 is 0.967 bits per heavy atom. The molecule has 0 N–H and O–H groups in total. The fourth-order valence-corrected chi connectivity index (χ4v) is 3.01. The van der Waals surface area contributed by atoms with E-state index in [1.165, 1.54) is 0 Å².